The summed E-state index contributed by atoms with van der Waals surface area (Å²) in [7, 11) is 0. The van der Waals surface area contributed by atoms with Crippen molar-refractivity contribution >= 4 is 0 Å². The minimum Gasteiger partial charge on any atom is -0.330 e. The van der Waals surface area contributed by atoms with Crippen LogP contribution in [0.1, 0.15) is 26.0 Å². The third kappa shape index (κ3) is 2.28. The maximum absolute atomic E-state index is 5.82. The van der Waals surface area contributed by atoms with Crippen molar-refractivity contribution in [3.63, 3.8) is 0 Å². The van der Waals surface area contributed by atoms with E-state index in [9.17, 15) is 0 Å². The van der Waals surface area contributed by atoms with E-state index in [-0.39, 0.29) is 0 Å². The van der Waals surface area contributed by atoms with Gasteiger partial charge >= 0.3 is 0 Å². The van der Waals surface area contributed by atoms with Gasteiger partial charge in [0, 0.05) is 25.8 Å². The van der Waals surface area contributed by atoms with E-state index >= 15 is 0 Å². The van der Waals surface area contributed by atoms with Gasteiger partial charge in [-0.3, -0.25) is 9.58 Å². The first kappa shape index (κ1) is 11.6. The zero-order valence-electron chi connectivity index (χ0n) is 10.3. The molecule has 0 amide bonds. The van der Waals surface area contributed by atoms with Gasteiger partial charge in [0.2, 0.25) is 0 Å². The van der Waals surface area contributed by atoms with Crippen LogP contribution in [0.2, 0.25) is 0 Å². The highest BCUT2D eigenvalue weighted by Gasteiger charge is 2.32. The molecule has 2 heterocycles. The zero-order chi connectivity index (χ0) is 11.6. The van der Waals surface area contributed by atoms with Gasteiger partial charge in [-0.2, -0.15) is 5.10 Å². The normalized spacial score (nSPS) is 26.4. The van der Waals surface area contributed by atoms with Gasteiger partial charge < -0.3 is 5.73 Å². The molecular weight excluding hydrogens is 200 g/mol. The Morgan fingerprint density at radius 3 is 3.00 bits per heavy atom. The molecule has 4 nitrogen and oxygen atoms in total. The number of hydrogen-bond donors (Lipinski definition) is 1. The second kappa shape index (κ2) is 4.55. The lowest BCUT2D eigenvalue weighted by Gasteiger charge is -2.22. The Morgan fingerprint density at radius 2 is 2.38 bits per heavy atom. The summed E-state index contributed by atoms with van der Waals surface area (Å²) < 4.78 is 2.07. The van der Waals surface area contributed by atoms with Crippen LogP contribution in [0.25, 0.3) is 0 Å². The van der Waals surface area contributed by atoms with E-state index in [0.717, 1.165) is 32.7 Å². The Bertz CT molecular complexity index is 347. The molecule has 1 fully saturated rings. The first-order chi connectivity index (χ1) is 7.67. The van der Waals surface area contributed by atoms with Crippen molar-refractivity contribution in [2.45, 2.75) is 33.4 Å². The van der Waals surface area contributed by atoms with E-state index in [1.807, 2.05) is 6.20 Å². The van der Waals surface area contributed by atoms with Crippen LogP contribution < -0.4 is 5.73 Å². The SMILES string of the molecule is CCn1nccc1CN1CCC(C)(CN)C1. The maximum atomic E-state index is 5.82. The minimum absolute atomic E-state index is 0.317. The molecule has 1 saturated heterocycles. The Balaban J connectivity index is 1.97. The second-order valence-electron chi connectivity index (χ2n) is 5.11. The summed E-state index contributed by atoms with van der Waals surface area (Å²) in [4.78, 5) is 2.48. The van der Waals surface area contributed by atoms with Crippen LogP contribution in [-0.2, 0) is 13.1 Å². The fourth-order valence-electron chi connectivity index (χ4n) is 2.44. The minimum atomic E-state index is 0.317. The molecule has 0 radical (unpaired) electrons. The zero-order valence-corrected chi connectivity index (χ0v) is 10.3. The van der Waals surface area contributed by atoms with Crippen molar-refractivity contribution in [1.82, 2.24) is 14.7 Å². The third-order valence-corrected chi connectivity index (χ3v) is 3.62. The van der Waals surface area contributed by atoms with E-state index in [2.05, 4.69) is 34.6 Å². The summed E-state index contributed by atoms with van der Waals surface area (Å²) in [5.41, 5.74) is 7.44. The molecular formula is C12H22N4. The number of nitrogens with zero attached hydrogens (tertiary/aromatic N) is 3. The predicted molar refractivity (Wildman–Crippen MR) is 65.0 cm³/mol. The first-order valence-electron chi connectivity index (χ1n) is 6.10. The molecule has 90 valence electrons. The summed E-state index contributed by atoms with van der Waals surface area (Å²) in [6.07, 6.45) is 3.10. The van der Waals surface area contributed by atoms with Gasteiger partial charge in [0.1, 0.15) is 0 Å². The van der Waals surface area contributed by atoms with Crippen LogP contribution in [0.3, 0.4) is 0 Å². The number of nitrogens with two attached hydrogens (primary N) is 1. The van der Waals surface area contributed by atoms with Gasteiger partial charge in [0.05, 0.1) is 5.69 Å². The van der Waals surface area contributed by atoms with E-state index in [1.54, 1.807) is 0 Å². The van der Waals surface area contributed by atoms with E-state index in [0.29, 0.717) is 5.41 Å². The molecule has 0 spiro atoms. The van der Waals surface area contributed by atoms with Gasteiger partial charge in [0.15, 0.2) is 0 Å². The van der Waals surface area contributed by atoms with Gasteiger partial charge in [-0.1, -0.05) is 6.92 Å². The molecule has 0 aromatic carbocycles. The Morgan fingerprint density at radius 1 is 1.56 bits per heavy atom. The number of rotatable bonds is 4. The standard InChI is InChI=1S/C12H22N4/c1-3-16-11(4-6-14-16)8-15-7-5-12(2,9-13)10-15/h4,6H,3,5,7-10,13H2,1-2H3. The summed E-state index contributed by atoms with van der Waals surface area (Å²) in [6.45, 7) is 9.42. The van der Waals surface area contributed by atoms with Crippen molar-refractivity contribution in [3.8, 4) is 0 Å². The van der Waals surface area contributed by atoms with E-state index in [4.69, 9.17) is 5.73 Å². The summed E-state index contributed by atoms with van der Waals surface area (Å²) in [6, 6.07) is 2.11. The van der Waals surface area contributed by atoms with Crippen molar-refractivity contribution in [2.75, 3.05) is 19.6 Å². The molecule has 4 heteroatoms. The molecule has 2 rings (SSSR count). The van der Waals surface area contributed by atoms with Crippen LogP contribution in [0.5, 0.6) is 0 Å². The van der Waals surface area contributed by atoms with E-state index < -0.39 is 0 Å². The van der Waals surface area contributed by atoms with Crippen molar-refractivity contribution < 1.29 is 0 Å². The maximum Gasteiger partial charge on any atom is 0.0524 e. The fourth-order valence-corrected chi connectivity index (χ4v) is 2.44. The molecule has 0 aliphatic carbocycles. The van der Waals surface area contributed by atoms with Crippen LogP contribution in [0, 0.1) is 5.41 Å². The number of aryl methyl sites for hydroxylation is 1. The van der Waals surface area contributed by atoms with Crippen LogP contribution in [0.15, 0.2) is 12.3 Å². The Labute approximate surface area is 97.4 Å². The van der Waals surface area contributed by atoms with Crippen molar-refractivity contribution in [3.05, 3.63) is 18.0 Å². The van der Waals surface area contributed by atoms with Gasteiger partial charge in [-0.15, -0.1) is 0 Å². The highest BCUT2D eigenvalue weighted by Crippen LogP contribution is 2.29. The lowest BCUT2D eigenvalue weighted by atomic mass is 9.90. The average molecular weight is 222 g/mol. The van der Waals surface area contributed by atoms with Crippen LogP contribution in [-0.4, -0.2) is 34.3 Å². The molecule has 1 aliphatic rings. The molecule has 1 unspecified atom stereocenters. The van der Waals surface area contributed by atoms with Crippen molar-refractivity contribution in [2.24, 2.45) is 11.1 Å². The predicted octanol–water partition coefficient (Wildman–Crippen LogP) is 1.07. The molecule has 1 aromatic rings. The largest absolute Gasteiger partial charge is 0.330 e. The lowest BCUT2D eigenvalue weighted by molar-refractivity contribution is 0.268. The molecule has 0 saturated carbocycles. The quantitative estimate of drug-likeness (QED) is 0.829. The third-order valence-electron chi connectivity index (χ3n) is 3.62. The molecule has 0 bridgehead atoms. The molecule has 1 atom stereocenters. The Hall–Kier alpha value is -0.870. The molecule has 1 aliphatic heterocycles. The van der Waals surface area contributed by atoms with Gasteiger partial charge in [0.25, 0.3) is 0 Å². The Kier molecular flexibility index (Phi) is 3.30. The summed E-state index contributed by atoms with van der Waals surface area (Å²) >= 11 is 0. The summed E-state index contributed by atoms with van der Waals surface area (Å²) in [5, 5.41) is 4.30. The highest BCUT2D eigenvalue weighted by atomic mass is 15.3. The van der Waals surface area contributed by atoms with E-state index in [1.165, 1.54) is 12.1 Å². The number of likely N-dealkylation sites (tertiary alicyclic amines) is 1. The fraction of sp³-hybridized carbons (Fsp3) is 0.750. The smallest absolute Gasteiger partial charge is 0.0524 e. The molecule has 1 aromatic heterocycles. The lowest BCUT2D eigenvalue weighted by Crippen LogP contribution is -2.31. The van der Waals surface area contributed by atoms with Crippen molar-refractivity contribution in [1.29, 1.82) is 0 Å². The first-order valence-corrected chi connectivity index (χ1v) is 6.10. The second-order valence-corrected chi connectivity index (χ2v) is 5.11. The monoisotopic (exact) mass is 222 g/mol. The van der Waals surface area contributed by atoms with Crippen LogP contribution in [0.4, 0.5) is 0 Å². The molecule has 16 heavy (non-hydrogen) atoms. The topological polar surface area (TPSA) is 47.1 Å². The van der Waals surface area contributed by atoms with Gasteiger partial charge in [-0.05, 0) is 37.9 Å². The van der Waals surface area contributed by atoms with Crippen LogP contribution >= 0.6 is 0 Å². The van der Waals surface area contributed by atoms with Gasteiger partial charge in [-0.25, -0.2) is 0 Å². The number of hydrogen-bond acceptors (Lipinski definition) is 3. The average Bonchev–Trinajstić information content (AvgIpc) is 2.87. The number of aromatic nitrogens is 2. The summed E-state index contributed by atoms with van der Waals surface area (Å²) in [5.74, 6) is 0. The molecule has 2 N–H and O–H groups in total. The highest BCUT2D eigenvalue weighted by molar-refractivity contribution is 5.01.